The van der Waals surface area contributed by atoms with Crippen LogP contribution in [0.4, 0.5) is 16.2 Å². The van der Waals surface area contributed by atoms with Crippen molar-refractivity contribution in [3.8, 4) is 11.1 Å². The molecule has 1 aliphatic rings. The highest BCUT2D eigenvalue weighted by molar-refractivity contribution is 5.89. The lowest BCUT2D eigenvalue weighted by atomic mass is 9.98. The summed E-state index contributed by atoms with van der Waals surface area (Å²) in [5.74, 6) is -0.336. The number of benzene rings is 4. The summed E-state index contributed by atoms with van der Waals surface area (Å²) in [4.78, 5) is 24.2. The third kappa shape index (κ3) is 5.62. The summed E-state index contributed by atoms with van der Waals surface area (Å²) in [5, 5.41) is 11.3. The average Bonchev–Trinajstić information content (AvgIpc) is 3.28. The first-order valence-electron chi connectivity index (χ1n) is 12.5. The number of azo groups is 1. The van der Waals surface area contributed by atoms with Gasteiger partial charge in [0.25, 0.3) is 0 Å². The monoisotopic (exact) mass is 505 g/mol. The van der Waals surface area contributed by atoms with Crippen LogP contribution in [-0.4, -0.2) is 25.3 Å². The van der Waals surface area contributed by atoms with Crippen molar-refractivity contribution in [1.29, 1.82) is 0 Å². The smallest absolute Gasteiger partial charge is 0.407 e. The summed E-state index contributed by atoms with van der Waals surface area (Å²) in [7, 11) is 0. The predicted octanol–water partition coefficient (Wildman–Crippen LogP) is 7.32. The van der Waals surface area contributed by atoms with E-state index in [0.717, 1.165) is 5.56 Å². The second-order valence-electron chi connectivity index (χ2n) is 8.81. The molecule has 38 heavy (non-hydrogen) atoms. The van der Waals surface area contributed by atoms with Crippen LogP contribution in [0.15, 0.2) is 107 Å². The van der Waals surface area contributed by atoms with E-state index in [1.807, 2.05) is 48.5 Å². The second kappa shape index (κ2) is 11.5. The van der Waals surface area contributed by atoms with Gasteiger partial charge in [0.15, 0.2) is 0 Å². The number of carbonyl (C=O) groups is 2. The average molecular weight is 506 g/mol. The van der Waals surface area contributed by atoms with Gasteiger partial charge in [-0.05, 0) is 71.1 Å². The van der Waals surface area contributed by atoms with E-state index in [-0.39, 0.29) is 18.5 Å². The predicted molar refractivity (Wildman–Crippen MR) is 145 cm³/mol. The molecule has 0 heterocycles. The zero-order chi connectivity index (χ0) is 26.3. The van der Waals surface area contributed by atoms with Gasteiger partial charge in [0.05, 0.1) is 23.5 Å². The maximum absolute atomic E-state index is 12.4. The van der Waals surface area contributed by atoms with Crippen LogP contribution in [0.3, 0.4) is 0 Å². The van der Waals surface area contributed by atoms with Crippen LogP contribution in [0.2, 0.25) is 0 Å². The van der Waals surface area contributed by atoms with E-state index in [0.29, 0.717) is 30.1 Å². The summed E-state index contributed by atoms with van der Waals surface area (Å²) in [6.07, 6.45) is -0.457. The van der Waals surface area contributed by atoms with Crippen LogP contribution in [-0.2, 0) is 16.0 Å². The van der Waals surface area contributed by atoms with E-state index in [4.69, 9.17) is 9.47 Å². The molecule has 7 heteroatoms. The van der Waals surface area contributed by atoms with Gasteiger partial charge in [-0.1, -0.05) is 60.7 Å². The van der Waals surface area contributed by atoms with Crippen LogP contribution in [0.25, 0.3) is 11.1 Å². The van der Waals surface area contributed by atoms with E-state index >= 15 is 0 Å². The summed E-state index contributed by atoms with van der Waals surface area (Å²) in [6.45, 7) is 2.71. The standard InChI is InChI=1S/C31H27N3O4/c1-2-37-30(35)22-13-17-24(18-14-22)34-33-23-15-11-21(12-16-23)19-32-31(36)38-20-29-27-9-5-3-7-25(27)26-8-4-6-10-28(26)29/h3-18,29H,2,19-20H2,1H3,(H,32,36). The number of hydrogen-bond acceptors (Lipinski definition) is 6. The minimum Gasteiger partial charge on any atom is -0.462 e. The van der Waals surface area contributed by atoms with Gasteiger partial charge in [-0.25, -0.2) is 9.59 Å². The Balaban J connectivity index is 1.12. The van der Waals surface area contributed by atoms with Gasteiger partial charge in [-0.3, -0.25) is 0 Å². The first-order valence-corrected chi connectivity index (χ1v) is 12.5. The van der Waals surface area contributed by atoms with Crippen molar-refractivity contribution in [1.82, 2.24) is 5.32 Å². The molecule has 0 bridgehead atoms. The zero-order valence-electron chi connectivity index (χ0n) is 21.0. The second-order valence-corrected chi connectivity index (χ2v) is 8.81. The third-order valence-electron chi connectivity index (χ3n) is 6.38. The molecule has 4 aromatic carbocycles. The maximum atomic E-state index is 12.4. The number of esters is 1. The molecular formula is C31H27N3O4. The van der Waals surface area contributed by atoms with Crippen LogP contribution in [0.5, 0.6) is 0 Å². The molecule has 5 rings (SSSR count). The molecule has 4 aromatic rings. The molecule has 0 aromatic heterocycles. The fourth-order valence-electron chi connectivity index (χ4n) is 4.50. The first kappa shape index (κ1) is 24.9. The van der Waals surface area contributed by atoms with Crippen molar-refractivity contribution in [3.63, 3.8) is 0 Å². The number of hydrogen-bond donors (Lipinski definition) is 1. The molecular weight excluding hydrogens is 478 g/mol. The van der Waals surface area contributed by atoms with Gasteiger partial charge in [-0.2, -0.15) is 10.2 Å². The Bertz CT molecular complexity index is 1420. The summed E-state index contributed by atoms with van der Waals surface area (Å²) >= 11 is 0. The quantitative estimate of drug-likeness (QED) is 0.201. The lowest BCUT2D eigenvalue weighted by Gasteiger charge is -2.14. The van der Waals surface area contributed by atoms with E-state index < -0.39 is 6.09 Å². The van der Waals surface area contributed by atoms with Crippen LogP contribution in [0, 0.1) is 0 Å². The summed E-state index contributed by atoms with van der Waals surface area (Å²) < 4.78 is 10.6. The molecule has 190 valence electrons. The zero-order valence-corrected chi connectivity index (χ0v) is 21.0. The molecule has 1 N–H and O–H groups in total. The highest BCUT2D eigenvalue weighted by Crippen LogP contribution is 2.44. The van der Waals surface area contributed by atoms with Crippen molar-refractivity contribution >= 4 is 23.4 Å². The number of carbonyl (C=O) groups excluding carboxylic acids is 2. The molecule has 0 atom stereocenters. The topological polar surface area (TPSA) is 89.4 Å². The van der Waals surface area contributed by atoms with E-state index in [2.05, 4.69) is 39.8 Å². The van der Waals surface area contributed by atoms with Gasteiger partial charge in [0.1, 0.15) is 6.61 Å². The number of rotatable bonds is 8. The molecule has 0 saturated heterocycles. The SMILES string of the molecule is CCOC(=O)c1ccc(N=Nc2ccc(CNC(=O)OCC3c4ccccc4-c4ccccc43)cc2)cc1. The Morgan fingerprint density at radius 1 is 0.737 bits per heavy atom. The van der Waals surface area contributed by atoms with Crippen molar-refractivity contribution < 1.29 is 19.1 Å². The van der Waals surface area contributed by atoms with Crippen LogP contribution < -0.4 is 5.32 Å². The molecule has 0 saturated carbocycles. The minimum atomic E-state index is -0.457. The molecule has 0 radical (unpaired) electrons. The van der Waals surface area contributed by atoms with Crippen LogP contribution in [0.1, 0.15) is 39.9 Å². The summed E-state index contributed by atoms with van der Waals surface area (Å²) in [5.41, 5.74) is 7.44. The maximum Gasteiger partial charge on any atom is 0.407 e. The Kier molecular flexibility index (Phi) is 7.54. The molecule has 0 fully saturated rings. The van der Waals surface area contributed by atoms with E-state index in [1.165, 1.54) is 22.3 Å². The van der Waals surface area contributed by atoms with Crippen molar-refractivity contribution in [2.75, 3.05) is 13.2 Å². The number of fused-ring (bicyclic) bond motifs is 3. The van der Waals surface area contributed by atoms with Gasteiger partial charge >= 0.3 is 12.1 Å². The number of nitrogens with one attached hydrogen (secondary N) is 1. The van der Waals surface area contributed by atoms with Gasteiger partial charge in [0, 0.05) is 12.5 Å². The van der Waals surface area contributed by atoms with Gasteiger partial charge in [0.2, 0.25) is 0 Å². The Hall–Kier alpha value is -4.78. The molecule has 1 amide bonds. The Morgan fingerprint density at radius 3 is 1.87 bits per heavy atom. The van der Waals surface area contributed by atoms with Gasteiger partial charge < -0.3 is 14.8 Å². The first-order chi connectivity index (χ1) is 18.6. The fourth-order valence-corrected chi connectivity index (χ4v) is 4.50. The lowest BCUT2D eigenvalue weighted by Crippen LogP contribution is -2.25. The number of ether oxygens (including phenoxy) is 2. The largest absolute Gasteiger partial charge is 0.462 e. The Labute approximate surface area is 221 Å². The van der Waals surface area contributed by atoms with Gasteiger partial charge in [-0.15, -0.1) is 0 Å². The Morgan fingerprint density at radius 2 is 1.29 bits per heavy atom. The van der Waals surface area contributed by atoms with E-state index in [1.54, 1.807) is 31.2 Å². The summed E-state index contributed by atoms with van der Waals surface area (Å²) in [6, 6.07) is 30.6. The normalized spacial score (nSPS) is 12.1. The van der Waals surface area contributed by atoms with Crippen molar-refractivity contribution in [2.45, 2.75) is 19.4 Å². The van der Waals surface area contributed by atoms with Crippen molar-refractivity contribution in [3.05, 3.63) is 119 Å². The molecule has 1 aliphatic carbocycles. The molecule has 0 aliphatic heterocycles. The number of alkyl carbamates (subject to hydrolysis) is 1. The molecule has 0 unspecified atom stereocenters. The lowest BCUT2D eigenvalue weighted by molar-refractivity contribution is 0.0526. The number of amides is 1. The molecule has 7 nitrogen and oxygen atoms in total. The van der Waals surface area contributed by atoms with Crippen molar-refractivity contribution in [2.24, 2.45) is 10.2 Å². The van der Waals surface area contributed by atoms with E-state index in [9.17, 15) is 9.59 Å². The third-order valence-corrected chi connectivity index (χ3v) is 6.38. The highest BCUT2D eigenvalue weighted by Gasteiger charge is 2.28. The van der Waals surface area contributed by atoms with Crippen LogP contribution >= 0.6 is 0 Å². The minimum absolute atomic E-state index is 0.0270. The molecule has 0 spiro atoms. The highest BCUT2D eigenvalue weighted by atomic mass is 16.5. The fraction of sp³-hybridized carbons (Fsp3) is 0.161. The number of nitrogens with zero attached hydrogens (tertiary/aromatic N) is 2.